The number of aromatic amines is 1. The molecule has 0 spiro atoms. The maximum Gasteiger partial charge on any atom is 0.328 e. The minimum absolute atomic E-state index is 0.0725. The van der Waals surface area contributed by atoms with Crippen LogP contribution in [0.25, 0.3) is 10.9 Å². The van der Waals surface area contributed by atoms with E-state index in [9.17, 15) is 14.4 Å². The van der Waals surface area contributed by atoms with Crippen molar-refractivity contribution in [1.29, 1.82) is 0 Å². The maximum absolute atomic E-state index is 12.9. The molecule has 0 atom stereocenters. The number of methoxy groups -OCH3 is 2. The second kappa shape index (κ2) is 12.6. The van der Waals surface area contributed by atoms with Gasteiger partial charge in [-0.15, -0.1) is 0 Å². The Kier molecular flexibility index (Phi) is 9.00. The molecule has 9 heteroatoms. The smallest absolute Gasteiger partial charge is 0.328 e. The van der Waals surface area contributed by atoms with E-state index in [-0.39, 0.29) is 17.5 Å². The third-order valence-corrected chi connectivity index (χ3v) is 6.97. The van der Waals surface area contributed by atoms with Crippen molar-refractivity contribution in [3.63, 3.8) is 0 Å². The van der Waals surface area contributed by atoms with Crippen LogP contribution < -0.4 is 26.0 Å². The number of carbonyl (C=O) groups is 1. The molecule has 1 aliphatic heterocycles. The highest BCUT2D eigenvalue weighted by atomic mass is 16.5. The van der Waals surface area contributed by atoms with E-state index < -0.39 is 5.69 Å². The highest BCUT2D eigenvalue weighted by Gasteiger charge is 2.20. The van der Waals surface area contributed by atoms with E-state index in [0.717, 1.165) is 38.9 Å². The predicted octanol–water partition coefficient (Wildman–Crippen LogP) is 3.05. The summed E-state index contributed by atoms with van der Waals surface area (Å²) in [5.74, 6) is 0.945. The summed E-state index contributed by atoms with van der Waals surface area (Å²) in [6.07, 6.45) is 4.46. The van der Waals surface area contributed by atoms with Gasteiger partial charge in [-0.25, -0.2) is 4.79 Å². The third-order valence-electron chi connectivity index (χ3n) is 6.97. The number of unbranched alkanes of at least 4 members (excludes halogenated alkanes) is 2. The van der Waals surface area contributed by atoms with Crippen molar-refractivity contribution in [3.8, 4) is 11.5 Å². The number of amides is 1. The van der Waals surface area contributed by atoms with Crippen molar-refractivity contribution >= 4 is 16.8 Å². The van der Waals surface area contributed by atoms with Crippen molar-refractivity contribution in [3.05, 3.63) is 68.9 Å². The Morgan fingerprint density at radius 3 is 2.41 bits per heavy atom. The lowest BCUT2D eigenvalue weighted by Gasteiger charge is -2.32. The minimum Gasteiger partial charge on any atom is -0.493 e. The van der Waals surface area contributed by atoms with Gasteiger partial charge in [0, 0.05) is 44.7 Å². The van der Waals surface area contributed by atoms with E-state index in [1.165, 1.54) is 24.4 Å². The number of hydrogen-bond acceptors (Lipinski definition) is 6. The maximum atomic E-state index is 12.9. The van der Waals surface area contributed by atoms with Crippen molar-refractivity contribution in [1.82, 2.24) is 19.8 Å². The van der Waals surface area contributed by atoms with Crippen molar-refractivity contribution in [2.75, 3.05) is 27.3 Å². The number of aromatic nitrogens is 2. The Morgan fingerprint density at radius 1 is 1.00 bits per heavy atom. The summed E-state index contributed by atoms with van der Waals surface area (Å²) in [5, 5.41) is 3.54. The van der Waals surface area contributed by atoms with Crippen LogP contribution in [-0.4, -0.2) is 53.7 Å². The number of benzene rings is 2. The number of fused-ring (bicyclic) bond motifs is 1. The molecule has 0 bridgehead atoms. The first-order valence-electron chi connectivity index (χ1n) is 12.9. The monoisotopic (exact) mass is 508 g/mol. The van der Waals surface area contributed by atoms with Crippen molar-refractivity contribution in [2.24, 2.45) is 0 Å². The van der Waals surface area contributed by atoms with Gasteiger partial charge in [0.05, 0.1) is 25.1 Å². The highest BCUT2D eigenvalue weighted by Crippen LogP contribution is 2.29. The average molecular weight is 509 g/mol. The lowest BCUT2D eigenvalue weighted by atomic mass is 10.0. The zero-order valence-corrected chi connectivity index (χ0v) is 21.6. The molecule has 0 aliphatic carbocycles. The first-order valence-corrected chi connectivity index (χ1v) is 12.9. The lowest BCUT2D eigenvalue weighted by molar-refractivity contribution is -0.122. The zero-order valence-electron chi connectivity index (χ0n) is 21.6. The fourth-order valence-electron chi connectivity index (χ4n) is 4.89. The molecule has 4 rings (SSSR count). The average Bonchev–Trinajstić information content (AvgIpc) is 2.91. The van der Waals surface area contributed by atoms with Crippen LogP contribution in [0.5, 0.6) is 11.5 Å². The summed E-state index contributed by atoms with van der Waals surface area (Å²) >= 11 is 0. The van der Waals surface area contributed by atoms with Gasteiger partial charge >= 0.3 is 5.69 Å². The van der Waals surface area contributed by atoms with Gasteiger partial charge in [0.1, 0.15) is 0 Å². The van der Waals surface area contributed by atoms with Crippen LogP contribution >= 0.6 is 0 Å². The van der Waals surface area contributed by atoms with Gasteiger partial charge in [-0.2, -0.15) is 0 Å². The molecule has 2 N–H and O–H groups in total. The van der Waals surface area contributed by atoms with E-state index >= 15 is 0 Å². The van der Waals surface area contributed by atoms with E-state index in [4.69, 9.17) is 9.47 Å². The van der Waals surface area contributed by atoms with Gasteiger partial charge in [0.15, 0.2) is 11.5 Å². The second-order valence-electron chi connectivity index (χ2n) is 9.55. The topological polar surface area (TPSA) is 106 Å². The van der Waals surface area contributed by atoms with Crippen LogP contribution in [0.2, 0.25) is 0 Å². The van der Waals surface area contributed by atoms with Crippen LogP contribution in [0.3, 0.4) is 0 Å². The Labute approximate surface area is 216 Å². The van der Waals surface area contributed by atoms with E-state index in [1.807, 2.05) is 6.07 Å². The van der Waals surface area contributed by atoms with Crippen LogP contribution in [0.15, 0.2) is 52.1 Å². The highest BCUT2D eigenvalue weighted by molar-refractivity contribution is 5.81. The number of ether oxygens (including phenoxy) is 2. The number of H-pyrrole nitrogens is 1. The fraction of sp³-hybridized carbons (Fsp3) is 0.464. The molecule has 9 nitrogen and oxygen atoms in total. The first-order chi connectivity index (χ1) is 18.0. The molecule has 2 heterocycles. The lowest BCUT2D eigenvalue weighted by Crippen LogP contribution is -2.44. The van der Waals surface area contributed by atoms with Gasteiger partial charge in [0.2, 0.25) is 5.91 Å². The molecule has 198 valence electrons. The summed E-state index contributed by atoms with van der Waals surface area (Å²) in [7, 11) is 3.00. The Bertz CT molecular complexity index is 1310. The third kappa shape index (κ3) is 6.80. The number of carbonyl (C=O) groups excluding carboxylic acids is 1. The van der Waals surface area contributed by atoms with Gasteiger partial charge < -0.3 is 19.8 Å². The molecule has 1 saturated heterocycles. The normalized spacial score (nSPS) is 14.5. The molecule has 1 amide bonds. The molecule has 1 aliphatic rings. The zero-order chi connectivity index (χ0) is 26.2. The minimum atomic E-state index is -0.457. The van der Waals surface area contributed by atoms with Crippen LogP contribution in [-0.2, 0) is 17.9 Å². The van der Waals surface area contributed by atoms with Crippen LogP contribution in [0.1, 0.15) is 44.1 Å². The fourth-order valence-corrected chi connectivity index (χ4v) is 4.89. The molecular formula is C28H36N4O5. The summed E-state index contributed by atoms with van der Waals surface area (Å²) in [5.41, 5.74) is 0.904. The predicted molar refractivity (Wildman–Crippen MR) is 143 cm³/mol. The summed E-state index contributed by atoms with van der Waals surface area (Å²) in [6.45, 7) is 3.20. The Morgan fingerprint density at radius 2 is 1.70 bits per heavy atom. The molecule has 1 aromatic heterocycles. The number of likely N-dealkylation sites (tertiary alicyclic amines) is 1. The van der Waals surface area contributed by atoms with Crippen molar-refractivity contribution < 1.29 is 14.3 Å². The molecule has 2 aromatic carbocycles. The Hall–Kier alpha value is -3.59. The number of rotatable bonds is 11. The molecular weight excluding hydrogens is 472 g/mol. The number of piperidine rings is 1. The summed E-state index contributed by atoms with van der Waals surface area (Å²) in [4.78, 5) is 43.0. The SMILES string of the molecule is COc1cc2[nH]c(=O)n(CCCCCC(=O)NC3CCN(Cc4ccccc4)CC3)c(=O)c2cc1OC. The molecule has 0 saturated carbocycles. The summed E-state index contributed by atoms with van der Waals surface area (Å²) < 4.78 is 11.7. The molecule has 0 unspecified atom stereocenters. The molecule has 1 fully saturated rings. The standard InChI is InChI=1S/C28H36N4O5/c1-36-24-17-22-23(18-25(24)37-2)30-28(35)32(27(22)34)14-8-4-7-11-26(33)29-21-12-15-31(16-13-21)19-20-9-5-3-6-10-20/h3,5-6,9-10,17-18,21H,4,7-8,11-16,19H2,1-2H3,(H,29,33)(H,30,35). The number of nitrogens with zero attached hydrogens (tertiary/aromatic N) is 2. The number of nitrogens with one attached hydrogen (secondary N) is 2. The van der Waals surface area contributed by atoms with Crippen LogP contribution in [0.4, 0.5) is 0 Å². The van der Waals surface area contributed by atoms with Gasteiger partial charge in [-0.1, -0.05) is 36.8 Å². The quantitative estimate of drug-likeness (QED) is 0.386. The van der Waals surface area contributed by atoms with Gasteiger partial charge in [-0.3, -0.25) is 19.1 Å². The molecule has 37 heavy (non-hydrogen) atoms. The van der Waals surface area contributed by atoms with E-state index in [2.05, 4.69) is 39.5 Å². The first kappa shape index (κ1) is 26.5. The van der Waals surface area contributed by atoms with E-state index in [1.54, 1.807) is 12.1 Å². The van der Waals surface area contributed by atoms with Crippen LogP contribution in [0, 0.1) is 0 Å². The molecule has 3 aromatic rings. The van der Waals surface area contributed by atoms with Gasteiger partial charge in [-0.05, 0) is 37.3 Å². The molecule has 0 radical (unpaired) electrons. The van der Waals surface area contributed by atoms with E-state index in [0.29, 0.717) is 48.2 Å². The largest absolute Gasteiger partial charge is 0.493 e. The van der Waals surface area contributed by atoms with Gasteiger partial charge in [0.25, 0.3) is 5.56 Å². The Balaban J connectivity index is 1.20. The van der Waals surface area contributed by atoms with Crippen molar-refractivity contribution in [2.45, 2.75) is 57.7 Å². The number of hydrogen-bond donors (Lipinski definition) is 2. The summed E-state index contributed by atoms with van der Waals surface area (Å²) in [6, 6.07) is 13.9. The second-order valence-corrected chi connectivity index (χ2v) is 9.55.